The number of rotatable bonds is 3. The summed E-state index contributed by atoms with van der Waals surface area (Å²) in [6.45, 7) is 0. The number of carbonyl (C=O) groups is 1. The summed E-state index contributed by atoms with van der Waals surface area (Å²) in [5, 5.41) is 11.8. The maximum absolute atomic E-state index is 10.9. The van der Waals surface area contributed by atoms with Crippen molar-refractivity contribution in [2.75, 3.05) is 18.3 Å². The second-order valence-corrected chi connectivity index (χ2v) is 2.84. The van der Waals surface area contributed by atoms with Gasteiger partial charge in [0.15, 0.2) is 11.5 Å². The molecule has 1 aromatic carbocycles. The van der Waals surface area contributed by atoms with Crippen LogP contribution in [0.3, 0.4) is 0 Å². The predicted octanol–water partition coefficient (Wildman–Crippen LogP) is 1.58. The van der Waals surface area contributed by atoms with E-state index in [0.717, 1.165) is 0 Å². The van der Waals surface area contributed by atoms with Gasteiger partial charge in [0, 0.05) is 11.8 Å². The van der Waals surface area contributed by atoms with Crippen molar-refractivity contribution < 1.29 is 14.6 Å². The van der Waals surface area contributed by atoms with E-state index < -0.39 is 0 Å². The van der Waals surface area contributed by atoms with Crippen molar-refractivity contribution in [3.63, 3.8) is 0 Å². The maximum atomic E-state index is 10.9. The third kappa shape index (κ3) is 2.53. The lowest BCUT2D eigenvalue weighted by atomic mass is 10.3. The van der Waals surface area contributed by atoms with Crippen LogP contribution >= 0.6 is 11.6 Å². The monoisotopic (exact) mass is 215 g/mol. The first-order chi connectivity index (χ1) is 6.67. The number of carbonyl (C=O) groups excluding carboxylic acids is 1. The molecular weight excluding hydrogens is 206 g/mol. The molecule has 1 aromatic rings. The van der Waals surface area contributed by atoms with Crippen LogP contribution in [0.25, 0.3) is 0 Å². The summed E-state index contributed by atoms with van der Waals surface area (Å²) in [5.74, 6) is -0.0865. The Morgan fingerprint density at radius 1 is 1.64 bits per heavy atom. The highest BCUT2D eigenvalue weighted by atomic mass is 35.5. The van der Waals surface area contributed by atoms with E-state index in [9.17, 15) is 9.90 Å². The smallest absolute Gasteiger partial charge is 0.239 e. The van der Waals surface area contributed by atoms with Crippen molar-refractivity contribution in [3.05, 3.63) is 18.2 Å². The fraction of sp³-hybridized carbons (Fsp3) is 0.222. The second-order valence-electron chi connectivity index (χ2n) is 2.57. The fourth-order valence-corrected chi connectivity index (χ4v) is 1.02. The molecule has 1 rings (SSSR count). The minimum atomic E-state index is -0.306. The highest BCUT2D eigenvalue weighted by molar-refractivity contribution is 6.29. The molecule has 0 saturated heterocycles. The number of phenols is 1. The Labute approximate surface area is 86.4 Å². The number of amides is 1. The summed E-state index contributed by atoms with van der Waals surface area (Å²) >= 11 is 5.31. The number of phenolic OH excluding ortho intramolecular Hbond substituents is 1. The number of methoxy groups -OCH3 is 1. The molecule has 1 amide bonds. The zero-order valence-corrected chi connectivity index (χ0v) is 8.34. The number of benzene rings is 1. The van der Waals surface area contributed by atoms with Gasteiger partial charge in [-0.05, 0) is 12.1 Å². The molecule has 0 spiro atoms. The standard InChI is InChI=1S/C9H10ClNO3/c1-14-8-4-6(2-3-7(8)12)11-9(13)5-10/h2-4,12H,5H2,1H3,(H,11,13). The topological polar surface area (TPSA) is 58.6 Å². The highest BCUT2D eigenvalue weighted by Crippen LogP contribution is 2.28. The van der Waals surface area contributed by atoms with Crippen LogP contribution in [0, 0.1) is 0 Å². The first-order valence-corrected chi connectivity index (χ1v) is 4.43. The normalized spacial score (nSPS) is 9.57. The van der Waals surface area contributed by atoms with E-state index in [2.05, 4.69) is 5.32 Å². The molecule has 0 saturated carbocycles. The van der Waals surface area contributed by atoms with Gasteiger partial charge in [0.25, 0.3) is 0 Å². The van der Waals surface area contributed by atoms with Gasteiger partial charge in [-0.25, -0.2) is 0 Å². The molecule has 0 aromatic heterocycles. The van der Waals surface area contributed by atoms with Gasteiger partial charge in [0.05, 0.1) is 7.11 Å². The predicted molar refractivity (Wildman–Crippen MR) is 54.0 cm³/mol. The van der Waals surface area contributed by atoms with E-state index in [1.54, 1.807) is 6.07 Å². The lowest BCUT2D eigenvalue weighted by Gasteiger charge is -2.06. The minimum Gasteiger partial charge on any atom is -0.504 e. The summed E-state index contributed by atoms with van der Waals surface area (Å²) < 4.78 is 4.87. The molecule has 0 aliphatic heterocycles. The van der Waals surface area contributed by atoms with E-state index >= 15 is 0 Å². The minimum absolute atomic E-state index is 0.0244. The number of hydrogen-bond donors (Lipinski definition) is 2. The van der Waals surface area contributed by atoms with E-state index in [-0.39, 0.29) is 17.5 Å². The van der Waals surface area contributed by atoms with Crippen LogP contribution < -0.4 is 10.1 Å². The summed E-state index contributed by atoms with van der Waals surface area (Å²) in [4.78, 5) is 10.9. The van der Waals surface area contributed by atoms with E-state index in [4.69, 9.17) is 16.3 Å². The molecule has 76 valence electrons. The van der Waals surface area contributed by atoms with Crippen LogP contribution in [-0.4, -0.2) is 24.0 Å². The van der Waals surface area contributed by atoms with E-state index in [1.165, 1.54) is 19.2 Å². The van der Waals surface area contributed by atoms with E-state index in [1.807, 2.05) is 0 Å². The Bertz CT molecular complexity index is 341. The quantitative estimate of drug-likeness (QED) is 0.595. The van der Waals surface area contributed by atoms with Crippen LogP contribution in [0.4, 0.5) is 5.69 Å². The SMILES string of the molecule is COc1cc(NC(=O)CCl)ccc1O. The molecule has 4 nitrogen and oxygen atoms in total. The number of aromatic hydroxyl groups is 1. The third-order valence-corrected chi connectivity index (χ3v) is 1.83. The first-order valence-electron chi connectivity index (χ1n) is 3.90. The molecule has 0 bridgehead atoms. The van der Waals surface area contributed by atoms with Gasteiger partial charge >= 0.3 is 0 Å². The van der Waals surface area contributed by atoms with Crippen molar-refractivity contribution >= 4 is 23.2 Å². The lowest BCUT2D eigenvalue weighted by Crippen LogP contribution is -2.12. The Hall–Kier alpha value is -1.42. The van der Waals surface area contributed by atoms with Crippen LogP contribution in [0.2, 0.25) is 0 Å². The number of ether oxygens (including phenoxy) is 1. The zero-order chi connectivity index (χ0) is 10.6. The second kappa shape index (κ2) is 4.72. The molecule has 0 aliphatic carbocycles. The molecule has 2 N–H and O–H groups in total. The molecule has 5 heteroatoms. The van der Waals surface area contributed by atoms with Crippen LogP contribution in [-0.2, 0) is 4.79 Å². The Morgan fingerprint density at radius 2 is 2.36 bits per heavy atom. The van der Waals surface area contributed by atoms with Gasteiger partial charge in [-0.2, -0.15) is 0 Å². The van der Waals surface area contributed by atoms with Crippen molar-refractivity contribution in [2.24, 2.45) is 0 Å². The number of alkyl halides is 1. The summed E-state index contributed by atoms with van der Waals surface area (Å²) in [6.07, 6.45) is 0. The fourth-order valence-electron chi connectivity index (χ4n) is 0.950. The van der Waals surface area contributed by atoms with Gasteiger partial charge in [-0.15, -0.1) is 11.6 Å². The molecule has 0 aliphatic rings. The molecule has 0 fully saturated rings. The molecule has 0 radical (unpaired) electrons. The zero-order valence-electron chi connectivity index (χ0n) is 7.58. The van der Waals surface area contributed by atoms with Gasteiger partial charge in [-0.1, -0.05) is 0 Å². The summed E-state index contributed by atoms with van der Waals surface area (Å²) in [7, 11) is 1.43. The number of halogens is 1. The lowest BCUT2D eigenvalue weighted by molar-refractivity contribution is -0.113. The molecule has 14 heavy (non-hydrogen) atoms. The van der Waals surface area contributed by atoms with Crippen LogP contribution in [0.15, 0.2) is 18.2 Å². The summed E-state index contributed by atoms with van der Waals surface area (Å²) in [6, 6.07) is 4.50. The maximum Gasteiger partial charge on any atom is 0.239 e. The molecule has 0 unspecified atom stereocenters. The third-order valence-electron chi connectivity index (χ3n) is 1.58. The number of hydrogen-bond acceptors (Lipinski definition) is 3. The largest absolute Gasteiger partial charge is 0.504 e. The number of anilines is 1. The van der Waals surface area contributed by atoms with E-state index in [0.29, 0.717) is 11.4 Å². The molecule has 0 atom stereocenters. The summed E-state index contributed by atoms with van der Waals surface area (Å²) in [5.41, 5.74) is 0.533. The van der Waals surface area contributed by atoms with Crippen LogP contribution in [0.5, 0.6) is 11.5 Å². The average molecular weight is 216 g/mol. The van der Waals surface area contributed by atoms with Gasteiger partial charge < -0.3 is 15.2 Å². The average Bonchev–Trinajstić information content (AvgIpc) is 2.20. The van der Waals surface area contributed by atoms with Crippen LogP contribution in [0.1, 0.15) is 0 Å². The van der Waals surface area contributed by atoms with Crippen molar-refractivity contribution in [3.8, 4) is 11.5 Å². The van der Waals surface area contributed by atoms with Crippen molar-refractivity contribution in [1.82, 2.24) is 0 Å². The number of nitrogens with one attached hydrogen (secondary N) is 1. The van der Waals surface area contributed by atoms with Gasteiger partial charge in [-0.3, -0.25) is 4.79 Å². The Kier molecular flexibility index (Phi) is 3.59. The van der Waals surface area contributed by atoms with Crippen molar-refractivity contribution in [2.45, 2.75) is 0 Å². The Balaban J connectivity index is 2.84. The van der Waals surface area contributed by atoms with Crippen molar-refractivity contribution in [1.29, 1.82) is 0 Å². The molecular formula is C9H10ClNO3. The molecule has 0 heterocycles. The van der Waals surface area contributed by atoms with Gasteiger partial charge in [0.1, 0.15) is 5.88 Å². The first kappa shape index (κ1) is 10.7. The highest BCUT2D eigenvalue weighted by Gasteiger charge is 2.04. The van der Waals surface area contributed by atoms with Gasteiger partial charge in [0.2, 0.25) is 5.91 Å². The Morgan fingerprint density at radius 3 is 2.93 bits per heavy atom.